The number of hydrogen-bond donors (Lipinski definition) is 0. The van der Waals surface area contributed by atoms with E-state index in [1.807, 2.05) is 0 Å². The van der Waals surface area contributed by atoms with Gasteiger partial charge in [-0.05, 0) is 43.3 Å². The van der Waals surface area contributed by atoms with Crippen LogP contribution in [0, 0.1) is 5.82 Å². The third kappa shape index (κ3) is 5.39. The fraction of sp³-hybridized carbons (Fsp3) is 0.200. The topological polar surface area (TPSA) is 99.1 Å². The normalized spacial score (nSPS) is 11.3. The fourth-order valence-electron chi connectivity index (χ4n) is 2.56. The summed E-state index contributed by atoms with van der Waals surface area (Å²) in [5.74, 6) is -0.757. The summed E-state index contributed by atoms with van der Waals surface area (Å²) in [6.07, 6.45) is 1.13. The maximum Gasteiger partial charge on any atom is 0.316 e. The van der Waals surface area contributed by atoms with E-state index in [0.29, 0.717) is 22.5 Å². The maximum absolute atomic E-state index is 13.4. The van der Waals surface area contributed by atoms with Crippen molar-refractivity contribution in [2.45, 2.75) is 17.0 Å². The molecule has 0 N–H and O–H groups in total. The second-order valence-corrected chi connectivity index (χ2v) is 9.15. The lowest BCUT2D eigenvalue weighted by Crippen LogP contribution is -2.08. The van der Waals surface area contributed by atoms with Gasteiger partial charge >= 0.3 is 5.97 Å². The van der Waals surface area contributed by atoms with Gasteiger partial charge < -0.3 is 4.74 Å². The van der Waals surface area contributed by atoms with E-state index < -0.39 is 21.6 Å². The minimum Gasteiger partial charge on any atom is -0.465 e. The number of thioether (sulfide) groups is 1. The molecule has 2 aromatic carbocycles. The quantitative estimate of drug-likeness (QED) is 0.401. The molecule has 3 rings (SSSR count). The Balaban J connectivity index is 2.01. The van der Waals surface area contributed by atoms with Gasteiger partial charge in [0, 0.05) is 17.4 Å². The Morgan fingerprint density at radius 3 is 2.20 bits per heavy atom. The summed E-state index contributed by atoms with van der Waals surface area (Å²) in [6, 6.07) is 11.9. The number of rotatable bonds is 7. The van der Waals surface area contributed by atoms with Crippen molar-refractivity contribution >= 4 is 27.6 Å². The molecule has 30 heavy (non-hydrogen) atoms. The van der Waals surface area contributed by atoms with E-state index in [1.165, 1.54) is 24.3 Å². The molecule has 0 fully saturated rings. The van der Waals surface area contributed by atoms with Crippen LogP contribution in [0.2, 0.25) is 0 Å². The molecule has 3 aromatic rings. The number of carbonyl (C=O) groups is 1. The number of halogens is 1. The zero-order valence-corrected chi connectivity index (χ0v) is 17.8. The van der Waals surface area contributed by atoms with Crippen molar-refractivity contribution in [2.75, 3.05) is 18.6 Å². The summed E-state index contributed by atoms with van der Waals surface area (Å²) in [5.41, 5.74) is 2.04. The Morgan fingerprint density at radius 2 is 1.60 bits per heavy atom. The van der Waals surface area contributed by atoms with E-state index in [-0.39, 0.29) is 22.4 Å². The predicted octanol–water partition coefficient (Wildman–Crippen LogP) is 3.40. The van der Waals surface area contributed by atoms with Crippen LogP contribution in [0.25, 0.3) is 22.5 Å². The van der Waals surface area contributed by atoms with Crippen molar-refractivity contribution < 1.29 is 22.3 Å². The lowest BCUT2D eigenvalue weighted by molar-refractivity contribution is -0.139. The zero-order chi connectivity index (χ0) is 21.7. The molecule has 1 aromatic heterocycles. The van der Waals surface area contributed by atoms with E-state index in [9.17, 15) is 17.6 Å². The highest BCUT2D eigenvalue weighted by molar-refractivity contribution is 7.99. The average Bonchev–Trinajstić information content (AvgIpc) is 2.72. The van der Waals surface area contributed by atoms with Crippen LogP contribution in [0.4, 0.5) is 4.39 Å². The van der Waals surface area contributed by atoms with Crippen LogP contribution in [0.5, 0.6) is 0 Å². The van der Waals surface area contributed by atoms with Gasteiger partial charge in [0.2, 0.25) is 5.16 Å². The summed E-state index contributed by atoms with van der Waals surface area (Å²) in [5, 5.41) is 8.56. The molecule has 0 unspecified atom stereocenters. The van der Waals surface area contributed by atoms with Gasteiger partial charge in [-0.2, -0.15) is 0 Å². The van der Waals surface area contributed by atoms with E-state index >= 15 is 0 Å². The molecular weight excluding hydrogens is 429 g/mol. The van der Waals surface area contributed by atoms with Gasteiger partial charge in [-0.25, -0.2) is 17.8 Å². The lowest BCUT2D eigenvalue weighted by atomic mass is 10.0. The summed E-state index contributed by atoms with van der Waals surface area (Å²) < 4.78 is 41.7. The summed E-state index contributed by atoms with van der Waals surface area (Å²) in [7, 11) is -3.34. The Morgan fingerprint density at radius 1 is 1.00 bits per heavy atom. The van der Waals surface area contributed by atoms with Crippen LogP contribution in [-0.4, -0.2) is 48.2 Å². The largest absolute Gasteiger partial charge is 0.465 e. The highest BCUT2D eigenvalue weighted by atomic mass is 32.2. The Bertz CT molecular complexity index is 1150. The van der Waals surface area contributed by atoms with Gasteiger partial charge in [0.05, 0.1) is 17.3 Å². The van der Waals surface area contributed by atoms with Crippen molar-refractivity contribution in [1.29, 1.82) is 0 Å². The van der Waals surface area contributed by atoms with Gasteiger partial charge in [0.15, 0.2) is 9.84 Å². The Hall–Kier alpha value is -2.85. The van der Waals surface area contributed by atoms with Gasteiger partial charge in [0.1, 0.15) is 17.2 Å². The van der Waals surface area contributed by atoms with Crippen molar-refractivity contribution in [1.82, 2.24) is 15.2 Å². The zero-order valence-electron chi connectivity index (χ0n) is 16.2. The minimum atomic E-state index is -3.34. The van der Waals surface area contributed by atoms with E-state index in [2.05, 4.69) is 15.2 Å². The molecule has 156 valence electrons. The van der Waals surface area contributed by atoms with Gasteiger partial charge in [-0.3, -0.25) is 4.79 Å². The molecule has 10 heteroatoms. The van der Waals surface area contributed by atoms with Crippen LogP contribution in [0.15, 0.2) is 58.6 Å². The van der Waals surface area contributed by atoms with Crippen LogP contribution in [0.1, 0.15) is 6.92 Å². The number of sulfone groups is 1. The highest BCUT2D eigenvalue weighted by Crippen LogP contribution is 2.30. The number of carbonyl (C=O) groups excluding carboxylic acids is 1. The monoisotopic (exact) mass is 447 g/mol. The molecule has 0 saturated carbocycles. The van der Waals surface area contributed by atoms with Gasteiger partial charge in [-0.1, -0.05) is 23.9 Å². The fourth-order valence-corrected chi connectivity index (χ4v) is 3.78. The molecule has 0 aliphatic rings. The van der Waals surface area contributed by atoms with E-state index in [0.717, 1.165) is 18.0 Å². The minimum absolute atomic E-state index is 0.0286. The third-order valence-corrected chi connectivity index (χ3v) is 5.90. The first-order valence-electron chi connectivity index (χ1n) is 8.87. The molecule has 1 heterocycles. The first kappa shape index (κ1) is 21.8. The molecule has 7 nitrogen and oxygen atoms in total. The molecular formula is C20H18FN3O4S2. The van der Waals surface area contributed by atoms with Crippen molar-refractivity contribution in [3.8, 4) is 22.5 Å². The maximum atomic E-state index is 13.4. The van der Waals surface area contributed by atoms with Crippen LogP contribution in [-0.2, 0) is 19.4 Å². The second kappa shape index (κ2) is 9.31. The Labute approximate surface area is 177 Å². The third-order valence-electron chi connectivity index (χ3n) is 3.97. The van der Waals surface area contributed by atoms with Gasteiger partial charge in [0.25, 0.3) is 0 Å². The number of esters is 1. The molecule has 0 amide bonds. The molecule has 0 aliphatic carbocycles. The first-order chi connectivity index (χ1) is 14.3. The number of benzene rings is 2. The number of aromatic nitrogens is 3. The standard InChI is InChI=1S/C20H18FN3O4S2/c1-3-28-17(25)12-29-20-22-18(13-4-8-15(21)9-5-13)19(23-24-20)14-6-10-16(11-7-14)30(2,26)27/h4-11H,3,12H2,1-2H3. The van der Waals surface area contributed by atoms with Crippen molar-refractivity contribution in [2.24, 2.45) is 0 Å². The van der Waals surface area contributed by atoms with Gasteiger partial charge in [-0.15, -0.1) is 10.2 Å². The summed E-state index contributed by atoms with van der Waals surface area (Å²) >= 11 is 1.08. The van der Waals surface area contributed by atoms with E-state index in [4.69, 9.17) is 4.74 Å². The predicted molar refractivity (Wildman–Crippen MR) is 111 cm³/mol. The molecule has 0 bridgehead atoms. The van der Waals surface area contributed by atoms with Crippen molar-refractivity contribution in [3.63, 3.8) is 0 Å². The SMILES string of the molecule is CCOC(=O)CSc1nnc(-c2ccc(S(C)(=O)=O)cc2)c(-c2ccc(F)cc2)n1. The summed E-state index contributed by atoms with van der Waals surface area (Å²) in [6.45, 7) is 2.00. The number of nitrogens with zero attached hydrogens (tertiary/aromatic N) is 3. The molecule has 0 radical (unpaired) electrons. The molecule has 0 atom stereocenters. The Kier molecular flexibility index (Phi) is 6.78. The second-order valence-electron chi connectivity index (χ2n) is 6.19. The molecule has 0 aliphatic heterocycles. The highest BCUT2D eigenvalue weighted by Gasteiger charge is 2.16. The van der Waals surface area contributed by atoms with Crippen molar-refractivity contribution in [3.05, 3.63) is 54.3 Å². The summed E-state index contributed by atoms with van der Waals surface area (Å²) in [4.78, 5) is 16.3. The first-order valence-corrected chi connectivity index (χ1v) is 11.7. The smallest absolute Gasteiger partial charge is 0.316 e. The molecule has 0 spiro atoms. The van der Waals surface area contributed by atoms with Crippen LogP contribution in [0.3, 0.4) is 0 Å². The number of ether oxygens (including phenoxy) is 1. The van der Waals surface area contributed by atoms with E-state index in [1.54, 1.807) is 31.2 Å². The van der Waals surface area contributed by atoms with Crippen LogP contribution < -0.4 is 0 Å². The number of hydrogen-bond acceptors (Lipinski definition) is 8. The average molecular weight is 448 g/mol. The molecule has 0 saturated heterocycles. The lowest BCUT2D eigenvalue weighted by Gasteiger charge is -2.10. The van der Waals surface area contributed by atoms with Crippen LogP contribution >= 0.6 is 11.8 Å².